The summed E-state index contributed by atoms with van der Waals surface area (Å²) in [4.78, 5) is 2.47. The molecule has 0 saturated heterocycles. The minimum Gasteiger partial charge on any atom is -0.310 e. The van der Waals surface area contributed by atoms with Crippen molar-refractivity contribution in [3.05, 3.63) is 271 Å². The van der Waals surface area contributed by atoms with E-state index in [0.29, 0.717) is 0 Å². The third kappa shape index (κ3) is 5.46. The smallest absolute Gasteiger partial charge is 0.0725 e. The molecule has 0 amide bonds. The summed E-state index contributed by atoms with van der Waals surface area (Å²) < 4.78 is 2.65. The molecule has 0 fully saturated rings. The van der Waals surface area contributed by atoms with Crippen LogP contribution in [0.4, 0.5) is 17.1 Å². The molecule has 0 unspecified atom stereocenters. The summed E-state index contributed by atoms with van der Waals surface area (Å²) in [6.07, 6.45) is 0. The zero-order valence-corrected chi connectivity index (χ0v) is 38.3. The van der Waals surface area contributed by atoms with Gasteiger partial charge in [-0.05, 0) is 154 Å². The molecule has 2 aliphatic carbocycles. The van der Waals surface area contributed by atoms with Crippen LogP contribution in [-0.2, 0) is 5.41 Å². The molecular formula is C67H41NS. The van der Waals surface area contributed by atoms with Crippen LogP contribution < -0.4 is 4.90 Å². The van der Waals surface area contributed by atoms with Gasteiger partial charge in [-0.1, -0.05) is 194 Å². The summed E-state index contributed by atoms with van der Waals surface area (Å²) in [7, 11) is 0. The maximum absolute atomic E-state index is 2.47. The summed E-state index contributed by atoms with van der Waals surface area (Å²) in [6.45, 7) is 0. The summed E-state index contributed by atoms with van der Waals surface area (Å²) in [5.41, 5.74) is 18.4. The molecule has 0 atom stereocenters. The standard InChI is InChI=1S/C67H41NS/c1-2-19-51-49(17-1)50-18-3-4-20-52(50)58-40-46(35-37-53(51)58)68(45-33-31-42(32-34-45)43-15-13-16-44(39-43)48-25-14-30-65-66(48)57-24-8-12-29-64(57)69-65)47-36-38-63-59(41-47)56-23-7-11-28-62(56)67(63)60-26-9-5-21-54(60)55-22-6-10-27-61(55)67/h1-41H. The first kappa shape index (κ1) is 38.5. The van der Waals surface area contributed by atoms with Crippen molar-refractivity contribution in [3.63, 3.8) is 0 Å². The number of hydrogen-bond acceptors (Lipinski definition) is 2. The van der Waals surface area contributed by atoms with E-state index in [1.165, 1.54) is 119 Å². The van der Waals surface area contributed by atoms with Gasteiger partial charge in [0.2, 0.25) is 0 Å². The average Bonchev–Trinajstić information content (AvgIpc) is 4.05. The number of hydrogen-bond donors (Lipinski definition) is 0. The molecule has 320 valence electrons. The zero-order valence-electron chi connectivity index (χ0n) is 37.5. The van der Waals surface area contributed by atoms with Crippen molar-refractivity contribution in [1.29, 1.82) is 0 Å². The quantitative estimate of drug-likeness (QED) is 0.156. The van der Waals surface area contributed by atoms with Gasteiger partial charge in [0.05, 0.1) is 5.41 Å². The van der Waals surface area contributed by atoms with Gasteiger partial charge in [-0.3, -0.25) is 0 Å². The van der Waals surface area contributed by atoms with Crippen molar-refractivity contribution in [3.8, 4) is 44.5 Å². The minimum atomic E-state index is -0.399. The number of benzene rings is 12. The molecule has 0 radical (unpaired) electrons. The van der Waals surface area contributed by atoms with Gasteiger partial charge in [0.25, 0.3) is 0 Å². The Bertz CT molecular complexity index is 4190. The molecule has 69 heavy (non-hydrogen) atoms. The third-order valence-electron chi connectivity index (χ3n) is 15.3. The first-order chi connectivity index (χ1) is 34.2. The molecule has 0 aliphatic heterocycles. The summed E-state index contributed by atoms with van der Waals surface area (Å²) in [5.74, 6) is 0. The predicted molar refractivity (Wildman–Crippen MR) is 294 cm³/mol. The molecule has 13 aromatic rings. The highest BCUT2D eigenvalue weighted by atomic mass is 32.1. The lowest BCUT2D eigenvalue weighted by Crippen LogP contribution is -2.25. The lowest BCUT2D eigenvalue weighted by atomic mass is 9.70. The highest BCUT2D eigenvalue weighted by Gasteiger charge is 2.51. The Kier molecular flexibility index (Phi) is 8.22. The van der Waals surface area contributed by atoms with E-state index in [0.717, 1.165) is 17.1 Å². The molecule has 2 aliphatic rings. The predicted octanol–water partition coefficient (Wildman–Crippen LogP) is 18.7. The van der Waals surface area contributed by atoms with Crippen molar-refractivity contribution < 1.29 is 0 Å². The fourth-order valence-electron chi connectivity index (χ4n) is 12.4. The van der Waals surface area contributed by atoms with E-state index in [4.69, 9.17) is 0 Å². The van der Waals surface area contributed by atoms with Crippen LogP contribution in [-0.4, -0.2) is 0 Å². The summed E-state index contributed by atoms with van der Waals surface area (Å²) in [5, 5.41) is 10.3. The third-order valence-corrected chi connectivity index (χ3v) is 16.4. The fourth-order valence-corrected chi connectivity index (χ4v) is 13.5. The fraction of sp³-hybridized carbons (Fsp3) is 0.0149. The number of thiophene rings is 1. The second-order valence-corrected chi connectivity index (χ2v) is 19.8. The van der Waals surface area contributed by atoms with Gasteiger partial charge in [0, 0.05) is 37.2 Å². The molecule has 15 rings (SSSR count). The van der Waals surface area contributed by atoms with E-state index in [9.17, 15) is 0 Å². The number of fused-ring (bicyclic) bond motifs is 19. The molecule has 1 nitrogen and oxygen atoms in total. The van der Waals surface area contributed by atoms with Gasteiger partial charge < -0.3 is 4.90 Å². The first-order valence-corrected chi connectivity index (χ1v) is 24.7. The van der Waals surface area contributed by atoms with Crippen LogP contribution in [0, 0.1) is 0 Å². The maximum Gasteiger partial charge on any atom is 0.0725 e. The molecule has 0 N–H and O–H groups in total. The zero-order chi connectivity index (χ0) is 45.2. The molecule has 0 bridgehead atoms. The summed E-state index contributed by atoms with van der Waals surface area (Å²) >= 11 is 1.87. The van der Waals surface area contributed by atoms with Gasteiger partial charge in [-0.25, -0.2) is 0 Å². The highest BCUT2D eigenvalue weighted by molar-refractivity contribution is 7.25. The van der Waals surface area contributed by atoms with Crippen molar-refractivity contribution in [2.24, 2.45) is 0 Å². The van der Waals surface area contributed by atoms with Crippen molar-refractivity contribution in [2.75, 3.05) is 4.90 Å². The molecule has 1 heterocycles. The van der Waals surface area contributed by atoms with Gasteiger partial charge in [-0.2, -0.15) is 0 Å². The van der Waals surface area contributed by atoms with E-state index >= 15 is 0 Å². The van der Waals surface area contributed by atoms with Crippen LogP contribution in [0.3, 0.4) is 0 Å². The highest BCUT2D eigenvalue weighted by Crippen LogP contribution is 2.63. The van der Waals surface area contributed by atoms with Crippen molar-refractivity contribution >= 4 is 80.9 Å². The second-order valence-electron chi connectivity index (χ2n) is 18.7. The van der Waals surface area contributed by atoms with E-state index in [1.807, 2.05) is 11.3 Å². The topological polar surface area (TPSA) is 3.24 Å². The Balaban J connectivity index is 0.915. The summed E-state index contributed by atoms with van der Waals surface area (Å²) in [6, 6.07) is 93.1. The van der Waals surface area contributed by atoms with Crippen LogP contribution in [0.2, 0.25) is 0 Å². The monoisotopic (exact) mass is 891 g/mol. The molecule has 0 saturated carbocycles. The van der Waals surface area contributed by atoms with Crippen molar-refractivity contribution in [2.45, 2.75) is 5.41 Å². The van der Waals surface area contributed by atoms with Gasteiger partial charge in [0.15, 0.2) is 0 Å². The van der Waals surface area contributed by atoms with E-state index in [1.54, 1.807) is 0 Å². The van der Waals surface area contributed by atoms with Crippen LogP contribution in [0.15, 0.2) is 249 Å². The van der Waals surface area contributed by atoms with Gasteiger partial charge in [0.1, 0.15) is 0 Å². The molecule has 12 aromatic carbocycles. The Morgan fingerprint density at radius 2 is 0.725 bits per heavy atom. The molecule has 1 spiro atoms. The van der Waals surface area contributed by atoms with E-state index in [2.05, 4.69) is 254 Å². The lowest BCUT2D eigenvalue weighted by molar-refractivity contribution is 0.794. The number of rotatable bonds is 5. The average molecular weight is 892 g/mol. The minimum absolute atomic E-state index is 0.399. The Labute approximate surface area is 404 Å². The molecule has 2 heteroatoms. The van der Waals surface area contributed by atoms with E-state index in [-0.39, 0.29) is 0 Å². The largest absolute Gasteiger partial charge is 0.310 e. The number of anilines is 3. The van der Waals surface area contributed by atoms with Gasteiger partial charge in [-0.15, -0.1) is 11.3 Å². The Morgan fingerprint density at radius 3 is 1.41 bits per heavy atom. The van der Waals surface area contributed by atoms with Crippen LogP contribution >= 0.6 is 11.3 Å². The second kappa shape index (κ2) is 14.7. The van der Waals surface area contributed by atoms with E-state index < -0.39 is 5.41 Å². The number of nitrogens with zero attached hydrogens (tertiary/aromatic N) is 1. The molecule has 1 aromatic heterocycles. The molecular weight excluding hydrogens is 851 g/mol. The normalized spacial score (nSPS) is 13.0. The maximum atomic E-state index is 2.47. The van der Waals surface area contributed by atoms with Crippen LogP contribution in [0.1, 0.15) is 22.3 Å². The lowest BCUT2D eigenvalue weighted by Gasteiger charge is -2.31. The van der Waals surface area contributed by atoms with Gasteiger partial charge >= 0.3 is 0 Å². The van der Waals surface area contributed by atoms with Crippen molar-refractivity contribution in [1.82, 2.24) is 0 Å². The Hall–Kier alpha value is -8.56. The van der Waals surface area contributed by atoms with Crippen LogP contribution in [0.5, 0.6) is 0 Å². The Morgan fingerprint density at radius 1 is 0.261 bits per heavy atom. The first-order valence-electron chi connectivity index (χ1n) is 23.9. The van der Waals surface area contributed by atoms with Crippen LogP contribution in [0.25, 0.3) is 97.0 Å². The SMILES string of the molecule is c1cc(-c2ccc(N(c3ccc4c(c3)-c3ccccc3C43c4ccccc4-c4ccccc43)c3ccc4c5ccccc5c5ccccc5c4c3)cc2)cc(-c2cccc3sc4ccccc4c23)c1.